The third-order valence-electron chi connectivity index (χ3n) is 7.70. The SMILES string of the molecule is O=C1c2ccccc2C(=O)N1[C@@H]1[C@H](OCc2ccccc2)O[C@H](COCc2ccccc2)[C@@H](O)[C@@H]1OCc1ccccc1. The predicted molar refractivity (Wildman–Crippen MR) is 158 cm³/mol. The van der Waals surface area contributed by atoms with E-state index in [1.807, 2.05) is 91.0 Å². The molecule has 0 radical (unpaired) electrons. The van der Waals surface area contributed by atoms with Crippen LogP contribution in [0.5, 0.6) is 0 Å². The highest BCUT2D eigenvalue weighted by Crippen LogP contribution is 2.35. The van der Waals surface area contributed by atoms with Crippen LogP contribution in [0, 0.1) is 0 Å². The number of hydrogen-bond acceptors (Lipinski definition) is 7. The Labute approximate surface area is 250 Å². The fourth-order valence-electron chi connectivity index (χ4n) is 5.51. The molecular formula is C35H33NO7. The highest BCUT2D eigenvalue weighted by Gasteiger charge is 2.54. The summed E-state index contributed by atoms with van der Waals surface area (Å²) in [6, 6.07) is 34.3. The van der Waals surface area contributed by atoms with Crippen LogP contribution in [-0.4, -0.2) is 59.1 Å². The molecule has 2 aliphatic heterocycles. The molecule has 4 aromatic carbocycles. The van der Waals surface area contributed by atoms with Crippen molar-refractivity contribution in [1.29, 1.82) is 0 Å². The molecule has 1 N–H and O–H groups in total. The van der Waals surface area contributed by atoms with Crippen LogP contribution in [0.15, 0.2) is 115 Å². The quantitative estimate of drug-likeness (QED) is 0.256. The smallest absolute Gasteiger partial charge is 0.262 e. The Balaban J connectivity index is 1.31. The van der Waals surface area contributed by atoms with Gasteiger partial charge in [0.25, 0.3) is 11.8 Å². The Morgan fingerprint density at radius 3 is 1.63 bits per heavy atom. The number of amides is 2. The summed E-state index contributed by atoms with van der Waals surface area (Å²) in [4.78, 5) is 28.5. The maximum absolute atomic E-state index is 13.7. The first-order chi connectivity index (χ1) is 21.1. The predicted octanol–water partition coefficient (Wildman–Crippen LogP) is 4.76. The van der Waals surface area contributed by atoms with Crippen LogP contribution in [0.4, 0.5) is 0 Å². The number of aliphatic hydroxyl groups excluding tert-OH is 1. The van der Waals surface area contributed by atoms with Crippen molar-refractivity contribution in [1.82, 2.24) is 4.90 Å². The van der Waals surface area contributed by atoms with E-state index in [0.717, 1.165) is 21.6 Å². The summed E-state index contributed by atoms with van der Waals surface area (Å²) in [5.74, 6) is -0.969. The number of ether oxygens (including phenoxy) is 4. The molecule has 43 heavy (non-hydrogen) atoms. The number of aliphatic hydroxyl groups is 1. The first kappa shape index (κ1) is 28.9. The maximum atomic E-state index is 13.7. The average Bonchev–Trinajstić information content (AvgIpc) is 3.30. The number of nitrogens with zero attached hydrogens (tertiary/aromatic N) is 1. The van der Waals surface area contributed by atoms with Crippen LogP contribution in [-0.2, 0) is 38.8 Å². The lowest BCUT2D eigenvalue weighted by Crippen LogP contribution is -2.66. The number of fused-ring (bicyclic) bond motifs is 1. The molecule has 0 unspecified atom stereocenters. The minimum Gasteiger partial charge on any atom is -0.388 e. The van der Waals surface area contributed by atoms with Crippen LogP contribution in [0.3, 0.4) is 0 Å². The van der Waals surface area contributed by atoms with Gasteiger partial charge in [0.05, 0.1) is 37.6 Å². The molecule has 8 heteroatoms. The molecular weight excluding hydrogens is 546 g/mol. The molecule has 1 fully saturated rings. The maximum Gasteiger partial charge on any atom is 0.262 e. The molecule has 4 aromatic rings. The van der Waals surface area contributed by atoms with E-state index < -0.39 is 42.5 Å². The average molecular weight is 580 g/mol. The van der Waals surface area contributed by atoms with E-state index in [9.17, 15) is 14.7 Å². The van der Waals surface area contributed by atoms with Gasteiger partial charge in [0.15, 0.2) is 6.29 Å². The summed E-state index contributed by atoms with van der Waals surface area (Å²) in [6.07, 6.45) is -4.21. The van der Waals surface area contributed by atoms with E-state index in [-0.39, 0.29) is 19.8 Å². The fourth-order valence-corrected chi connectivity index (χ4v) is 5.51. The fraction of sp³-hybridized carbons (Fsp3) is 0.257. The van der Waals surface area contributed by atoms with Crippen LogP contribution in [0.25, 0.3) is 0 Å². The lowest BCUT2D eigenvalue weighted by Gasteiger charge is -2.46. The van der Waals surface area contributed by atoms with Gasteiger partial charge < -0.3 is 24.1 Å². The van der Waals surface area contributed by atoms with E-state index in [0.29, 0.717) is 17.7 Å². The Morgan fingerprint density at radius 1 is 0.628 bits per heavy atom. The van der Waals surface area contributed by atoms with Gasteiger partial charge in [-0.25, -0.2) is 0 Å². The largest absolute Gasteiger partial charge is 0.388 e. The molecule has 0 aliphatic carbocycles. The first-order valence-electron chi connectivity index (χ1n) is 14.3. The molecule has 0 aromatic heterocycles. The minimum atomic E-state index is -1.23. The Kier molecular flexibility index (Phi) is 9.02. The second-order valence-corrected chi connectivity index (χ2v) is 10.6. The standard InChI is InChI=1S/C35H33NO7/c37-31-29(23-40-20-24-12-4-1-5-13-24)43-35(42-22-26-16-8-3-9-17-26)30(32(31)41-21-25-14-6-2-7-15-25)36-33(38)27-18-10-11-19-28(27)34(36)39/h1-19,29-32,35,37H,20-23H2/t29-,30+,31-,32-,35-/m1/s1. The summed E-state index contributed by atoms with van der Waals surface area (Å²) in [6.45, 7) is 0.664. The van der Waals surface area contributed by atoms with Gasteiger partial charge in [-0.1, -0.05) is 103 Å². The summed E-state index contributed by atoms with van der Waals surface area (Å²) in [5.41, 5.74) is 3.32. The Morgan fingerprint density at radius 2 is 1.09 bits per heavy atom. The van der Waals surface area contributed by atoms with Crippen LogP contribution >= 0.6 is 0 Å². The van der Waals surface area contributed by atoms with Crippen molar-refractivity contribution < 1.29 is 33.6 Å². The number of hydrogen-bond donors (Lipinski definition) is 1. The van der Waals surface area contributed by atoms with Gasteiger partial charge in [0.1, 0.15) is 24.4 Å². The molecule has 0 bridgehead atoms. The van der Waals surface area contributed by atoms with Gasteiger partial charge in [-0.05, 0) is 28.8 Å². The zero-order chi connectivity index (χ0) is 29.6. The Hall–Kier alpha value is -4.18. The molecule has 6 rings (SSSR count). The molecule has 2 amide bonds. The second kappa shape index (κ2) is 13.4. The van der Waals surface area contributed by atoms with E-state index >= 15 is 0 Å². The zero-order valence-electron chi connectivity index (χ0n) is 23.5. The molecule has 8 nitrogen and oxygen atoms in total. The van der Waals surface area contributed by atoms with Crippen molar-refractivity contribution in [2.45, 2.75) is 50.5 Å². The zero-order valence-corrected chi connectivity index (χ0v) is 23.5. The van der Waals surface area contributed by atoms with Crippen LogP contribution < -0.4 is 0 Å². The monoisotopic (exact) mass is 579 g/mol. The molecule has 1 saturated heterocycles. The molecule has 0 saturated carbocycles. The molecule has 0 spiro atoms. The molecule has 2 heterocycles. The highest BCUT2D eigenvalue weighted by atomic mass is 16.7. The van der Waals surface area contributed by atoms with Crippen molar-refractivity contribution in [3.05, 3.63) is 143 Å². The van der Waals surface area contributed by atoms with Gasteiger partial charge in [-0.15, -0.1) is 0 Å². The highest BCUT2D eigenvalue weighted by molar-refractivity contribution is 6.21. The summed E-state index contributed by atoms with van der Waals surface area (Å²) in [5, 5.41) is 11.7. The normalized spacial score (nSPS) is 23.4. The van der Waals surface area contributed by atoms with E-state index in [1.165, 1.54) is 0 Å². The first-order valence-corrected chi connectivity index (χ1v) is 14.3. The molecule has 5 atom stereocenters. The van der Waals surface area contributed by atoms with Crippen molar-refractivity contribution in [2.24, 2.45) is 0 Å². The van der Waals surface area contributed by atoms with Crippen LogP contribution in [0.2, 0.25) is 0 Å². The molecule has 220 valence electrons. The number of imide groups is 1. The van der Waals surface area contributed by atoms with Gasteiger partial charge in [0, 0.05) is 0 Å². The van der Waals surface area contributed by atoms with Crippen molar-refractivity contribution >= 4 is 11.8 Å². The second-order valence-electron chi connectivity index (χ2n) is 10.6. The Bertz CT molecular complexity index is 1480. The number of carbonyl (C=O) groups excluding carboxylic acids is 2. The van der Waals surface area contributed by atoms with Crippen molar-refractivity contribution in [3.63, 3.8) is 0 Å². The third-order valence-corrected chi connectivity index (χ3v) is 7.70. The topological polar surface area (TPSA) is 94.5 Å². The van der Waals surface area contributed by atoms with Crippen molar-refractivity contribution in [2.75, 3.05) is 6.61 Å². The summed E-state index contributed by atoms with van der Waals surface area (Å²) >= 11 is 0. The lowest BCUT2D eigenvalue weighted by atomic mass is 9.95. The molecule has 2 aliphatic rings. The third kappa shape index (κ3) is 6.44. The van der Waals surface area contributed by atoms with Crippen molar-refractivity contribution in [3.8, 4) is 0 Å². The van der Waals surface area contributed by atoms with Crippen LogP contribution in [0.1, 0.15) is 37.4 Å². The minimum absolute atomic E-state index is 0.0429. The van der Waals surface area contributed by atoms with E-state index in [4.69, 9.17) is 18.9 Å². The number of benzene rings is 4. The van der Waals surface area contributed by atoms with Gasteiger partial charge in [-0.3, -0.25) is 14.5 Å². The van der Waals surface area contributed by atoms with E-state index in [2.05, 4.69) is 0 Å². The van der Waals surface area contributed by atoms with Gasteiger partial charge in [-0.2, -0.15) is 0 Å². The number of carbonyl (C=O) groups is 2. The van der Waals surface area contributed by atoms with E-state index in [1.54, 1.807) is 24.3 Å². The summed E-state index contributed by atoms with van der Waals surface area (Å²) in [7, 11) is 0. The number of rotatable bonds is 11. The summed E-state index contributed by atoms with van der Waals surface area (Å²) < 4.78 is 25.0. The van der Waals surface area contributed by atoms with Gasteiger partial charge >= 0.3 is 0 Å². The van der Waals surface area contributed by atoms with Gasteiger partial charge in [0.2, 0.25) is 0 Å². The lowest BCUT2D eigenvalue weighted by molar-refractivity contribution is -0.293.